The summed E-state index contributed by atoms with van der Waals surface area (Å²) in [7, 11) is 5.61. The summed E-state index contributed by atoms with van der Waals surface area (Å²) in [6, 6.07) is 9.24. The largest absolute Gasteiger partial charge is 0.493 e. The van der Waals surface area contributed by atoms with Gasteiger partial charge in [0.25, 0.3) is 0 Å². The number of halogens is 2. The molecule has 8 heteroatoms. The Hall–Kier alpha value is -1.99. The Bertz CT molecular complexity index is 1220. The van der Waals surface area contributed by atoms with Crippen molar-refractivity contribution >= 4 is 29.1 Å². The van der Waals surface area contributed by atoms with E-state index >= 15 is 0 Å². The molecule has 0 unspecified atom stereocenters. The van der Waals surface area contributed by atoms with Crippen LogP contribution in [0.2, 0.25) is 10.0 Å². The number of piperidine rings is 1. The van der Waals surface area contributed by atoms with Gasteiger partial charge in [-0.15, -0.1) is 0 Å². The maximum absolute atomic E-state index is 13.5. The Morgan fingerprint density at radius 2 is 2.06 bits per heavy atom. The first-order chi connectivity index (χ1) is 16.7. The summed E-state index contributed by atoms with van der Waals surface area (Å²) in [6.07, 6.45) is 2.73. The summed E-state index contributed by atoms with van der Waals surface area (Å²) < 4.78 is 12.4. The molecule has 1 saturated heterocycles. The van der Waals surface area contributed by atoms with Crippen LogP contribution >= 0.6 is 23.2 Å². The van der Waals surface area contributed by atoms with Gasteiger partial charge in [-0.3, -0.25) is 4.79 Å². The van der Waals surface area contributed by atoms with Crippen LogP contribution in [-0.2, 0) is 23.1 Å². The molecular formula is C27H30Cl2N2O4. The molecule has 1 N–H and O–H groups in total. The highest BCUT2D eigenvalue weighted by molar-refractivity contribution is 6.42. The van der Waals surface area contributed by atoms with Crippen LogP contribution < -0.4 is 9.47 Å². The minimum atomic E-state index is -0.917. The number of benzene rings is 2. The Morgan fingerprint density at radius 1 is 1.26 bits per heavy atom. The number of amides is 1. The molecule has 2 aliphatic carbocycles. The zero-order valence-corrected chi connectivity index (χ0v) is 21.7. The smallest absolute Gasteiger partial charge is 0.227 e. The fraction of sp³-hybridized carbons (Fsp3) is 0.519. The van der Waals surface area contributed by atoms with Gasteiger partial charge in [-0.1, -0.05) is 35.3 Å². The number of nitrogens with zero attached hydrogens (tertiary/aromatic N) is 2. The molecule has 35 heavy (non-hydrogen) atoms. The average Bonchev–Trinajstić information content (AvgIpc) is 3.19. The number of hydrogen-bond acceptors (Lipinski definition) is 5. The third-order valence-electron chi connectivity index (χ3n) is 9.13. The number of hydrogen-bond donors (Lipinski definition) is 1. The lowest BCUT2D eigenvalue weighted by Gasteiger charge is -2.64. The standard InChI is InChI=1S/C27H30Cl2N2O4/c1-30-11-10-26-23-16-5-7-20(34-3)24(23)35-25(26)19(8-9-27(26,33)21(30)14-16)31(2)22(32)13-15-4-6-17(28)18(29)12-15/h4-7,12,19,21,25,33H,8-11,13-14H2,1-3H3/t19-,21+,25-,26-,27+/m0/s1. The van der Waals surface area contributed by atoms with E-state index in [1.807, 2.05) is 24.1 Å². The molecule has 6 rings (SSSR count). The van der Waals surface area contributed by atoms with Crippen molar-refractivity contribution in [3.05, 3.63) is 57.1 Å². The van der Waals surface area contributed by atoms with E-state index in [2.05, 4.69) is 18.0 Å². The SMILES string of the molecule is COc1ccc2c3c1O[C@H]1[C@@H](N(C)C(=O)Cc4ccc(Cl)c(Cl)c4)CC[C@@]4(O)[C@@H](C2)N(C)CC[C@]314. The summed E-state index contributed by atoms with van der Waals surface area (Å²) in [4.78, 5) is 17.6. The minimum Gasteiger partial charge on any atom is -0.493 e. The van der Waals surface area contributed by atoms with Crippen LogP contribution in [0, 0.1) is 0 Å². The summed E-state index contributed by atoms with van der Waals surface area (Å²) >= 11 is 12.2. The Kier molecular flexibility index (Phi) is 5.35. The van der Waals surface area contributed by atoms with E-state index in [1.54, 1.807) is 19.2 Å². The minimum absolute atomic E-state index is 0.0118. The fourth-order valence-electron chi connectivity index (χ4n) is 7.41. The summed E-state index contributed by atoms with van der Waals surface area (Å²) in [5.74, 6) is 1.42. The van der Waals surface area contributed by atoms with Gasteiger partial charge in [0.2, 0.25) is 5.91 Å². The molecule has 2 aliphatic heterocycles. The van der Waals surface area contributed by atoms with Gasteiger partial charge in [-0.05, 0) is 68.6 Å². The van der Waals surface area contributed by atoms with Crippen LogP contribution in [0.5, 0.6) is 11.5 Å². The highest BCUT2D eigenvalue weighted by Crippen LogP contribution is 2.65. The number of ether oxygens (including phenoxy) is 2. The van der Waals surface area contributed by atoms with Crippen LogP contribution in [0.1, 0.15) is 36.0 Å². The van der Waals surface area contributed by atoms with Crippen LogP contribution in [0.25, 0.3) is 0 Å². The zero-order chi connectivity index (χ0) is 24.7. The van der Waals surface area contributed by atoms with Crippen molar-refractivity contribution in [3.63, 3.8) is 0 Å². The second-order valence-corrected chi connectivity index (χ2v) is 11.4. The van der Waals surface area contributed by atoms with Crippen molar-refractivity contribution in [3.8, 4) is 11.5 Å². The maximum atomic E-state index is 13.5. The molecule has 0 aromatic heterocycles. The topological polar surface area (TPSA) is 62.2 Å². The monoisotopic (exact) mass is 516 g/mol. The van der Waals surface area contributed by atoms with Crippen LogP contribution in [-0.4, -0.2) is 72.4 Å². The van der Waals surface area contributed by atoms with Crippen molar-refractivity contribution in [2.45, 2.75) is 61.3 Å². The number of carbonyl (C=O) groups is 1. The van der Waals surface area contributed by atoms with Gasteiger partial charge in [-0.2, -0.15) is 0 Å². The number of rotatable bonds is 4. The van der Waals surface area contributed by atoms with Crippen LogP contribution in [0.15, 0.2) is 30.3 Å². The van der Waals surface area contributed by atoms with Crippen molar-refractivity contribution in [2.24, 2.45) is 0 Å². The highest BCUT2D eigenvalue weighted by atomic mass is 35.5. The van der Waals surface area contributed by atoms with Crippen LogP contribution in [0.4, 0.5) is 0 Å². The number of likely N-dealkylation sites (tertiary alicyclic amines) is 1. The first-order valence-electron chi connectivity index (χ1n) is 12.2. The van der Waals surface area contributed by atoms with E-state index in [0.717, 1.165) is 36.3 Å². The fourth-order valence-corrected chi connectivity index (χ4v) is 7.73. The lowest BCUT2D eigenvalue weighted by molar-refractivity contribution is -0.196. The second-order valence-electron chi connectivity index (χ2n) is 10.6. The molecule has 2 bridgehead atoms. The molecule has 2 heterocycles. The molecule has 1 amide bonds. The maximum Gasteiger partial charge on any atom is 0.227 e. The van der Waals surface area contributed by atoms with E-state index in [1.165, 1.54) is 5.56 Å². The van der Waals surface area contributed by atoms with Crippen molar-refractivity contribution < 1.29 is 19.4 Å². The summed E-state index contributed by atoms with van der Waals surface area (Å²) in [6.45, 7) is 0.872. The molecule has 4 aliphatic rings. The molecule has 186 valence electrons. The van der Waals surface area contributed by atoms with Crippen molar-refractivity contribution in [1.29, 1.82) is 0 Å². The van der Waals surface area contributed by atoms with Gasteiger partial charge in [0, 0.05) is 18.7 Å². The highest BCUT2D eigenvalue weighted by Gasteiger charge is 2.73. The van der Waals surface area contributed by atoms with Gasteiger partial charge >= 0.3 is 0 Å². The molecule has 2 aromatic rings. The third kappa shape index (κ3) is 3.06. The predicted molar refractivity (Wildman–Crippen MR) is 135 cm³/mol. The van der Waals surface area contributed by atoms with E-state index in [9.17, 15) is 9.90 Å². The second kappa shape index (κ2) is 8.01. The quantitative estimate of drug-likeness (QED) is 0.668. The lowest BCUT2D eigenvalue weighted by atomic mass is 9.48. The van der Waals surface area contributed by atoms with Gasteiger partial charge in [-0.25, -0.2) is 0 Å². The molecular weight excluding hydrogens is 487 g/mol. The molecule has 2 fully saturated rings. The number of carbonyl (C=O) groups excluding carboxylic acids is 1. The van der Waals surface area contributed by atoms with Gasteiger partial charge < -0.3 is 24.4 Å². The number of methoxy groups -OCH3 is 1. The predicted octanol–water partition coefficient (Wildman–Crippen LogP) is 3.86. The summed E-state index contributed by atoms with van der Waals surface area (Å²) in [5, 5.41) is 13.3. The Balaban J connectivity index is 1.39. The molecule has 5 atom stereocenters. The van der Waals surface area contributed by atoms with Gasteiger partial charge in [0.1, 0.15) is 6.10 Å². The lowest BCUT2D eigenvalue weighted by Crippen LogP contribution is -2.77. The molecule has 1 spiro atoms. The Labute approximate surface area is 215 Å². The number of likely N-dealkylation sites (N-methyl/N-ethyl adjacent to an activating group) is 2. The zero-order valence-electron chi connectivity index (χ0n) is 20.2. The summed E-state index contributed by atoms with van der Waals surface area (Å²) in [5.41, 5.74) is 1.65. The number of aliphatic hydroxyl groups is 1. The molecule has 2 aromatic carbocycles. The van der Waals surface area contributed by atoms with Crippen molar-refractivity contribution in [2.75, 3.05) is 27.7 Å². The molecule has 6 nitrogen and oxygen atoms in total. The van der Waals surface area contributed by atoms with E-state index in [4.69, 9.17) is 32.7 Å². The van der Waals surface area contributed by atoms with Gasteiger partial charge in [0.15, 0.2) is 11.5 Å². The van der Waals surface area contributed by atoms with Crippen molar-refractivity contribution in [1.82, 2.24) is 9.80 Å². The average molecular weight is 517 g/mol. The van der Waals surface area contributed by atoms with Gasteiger partial charge in [0.05, 0.1) is 40.6 Å². The first kappa shape index (κ1) is 23.4. The molecule has 0 radical (unpaired) electrons. The van der Waals surface area contributed by atoms with E-state index < -0.39 is 11.0 Å². The Morgan fingerprint density at radius 3 is 2.80 bits per heavy atom. The third-order valence-corrected chi connectivity index (χ3v) is 9.87. The van der Waals surface area contributed by atoms with Crippen LogP contribution in [0.3, 0.4) is 0 Å². The molecule has 1 saturated carbocycles. The first-order valence-corrected chi connectivity index (χ1v) is 13.0. The van der Waals surface area contributed by atoms with E-state index in [-0.39, 0.29) is 30.5 Å². The normalized spacial score (nSPS) is 32.6. The van der Waals surface area contributed by atoms with E-state index in [0.29, 0.717) is 28.6 Å².